The van der Waals surface area contributed by atoms with Crippen LogP contribution in [0.3, 0.4) is 0 Å². The molecule has 1 atom stereocenters. The van der Waals surface area contributed by atoms with E-state index in [0.717, 1.165) is 0 Å². The van der Waals surface area contributed by atoms with Crippen molar-refractivity contribution in [3.63, 3.8) is 0 Å². The minimum absolute atomic E-state index is 0.104. The summed E-state index contributed by atoms with van der Waals surface area (Å²) < 4.78 is 5.74. The number of ether oxygens (including phenoxy) is 1. The van der Waals surface area contributed by atoms with E-state index >= 15 is 0 Å². The first kappa shape index (κ1) is 13.8. The molecule has 0 spiro atoms. The molecular formula is C12H13BrN2O4. The first-order valence-corrected chi connectivity index (χ1v) is 6.43. The van der Waals surface area contributed by atoms with Gasteiger partial charge in [0.2, 0.25) is 5.91 Å². The molecule has 0 saturated carbocycles. The second kappa shape index (κ2) is 5.18. The van der Waals surface area contributed by atoms with Crippen molar-refractivity contribution in [2.75, 3.05) is 18.5 Å². The van der Waals surface area contributed by atoms with E-state index in [-0.39, 0.29) is 6.61 Å². The quantitative estimate of drug-likeness (QED) is 0.770. The van der Waals surface area contributed by atoms with Gasteiger partial charge in [0.15, 0.2) is 5.54 Å². The molecule has 7 heteroatoms. The van der Waals surface area contributed by atoms with Gasteiger partial charge < -0.3 is 20.9 Å². The van der Waals surface area contributed by atoms with Gasteiger partial charge in [0.1, 0.15) is 0 Å². The van der Waals surface area contributed by atoms with Gasteiger partial charge in [0.05, 0.1) is 6.61 Å². The van der Waals surface area contributed by atoms with Crippen LogP contribution in [0.1, 0.15) is 16.8 Å². The number of carboxylic acids is 1. The third-order valence-electron chi connectivity index (χ3n) is 3.06. The number of anilines is 1. The van der Waals surface area contributed by atoms with E-state index in [2.05, 4.69) is 21.2 Å². The number of halogens is 1. The first-order chi connectivity index (χ1) is 8.94. The molecule has 4 N–H and O–H groups in total. The molecule has 0 bridgehead atoms. The summed E-state index contributed by atoms with van der Waals surface area (Å²) >= 11 is 3.29. The lowest BCUT2D eigenvalue weighted by molar-refractivity contribution is -0.142. The number of hydrogen-bond acceptors (Lipinski definition) is 4. The summed E-state index contributed by atoms with van der Waals surface area (Å²) in [6, 6.07) is 4.71. The van der Waals surface area contributed by atoms with Crippen LogP contribution in [0.2, 0.25) is 0 Å². The fraction of sp³-hybridized carbons (Fsp3) is 0.333. The third kappa shape index (κ3) is 2.71. The molecule has 19 heavy (non-hydrogen) atoms. The highest BCUT2D eigenvalue weighted by Gasteiger charge is 2.42. The summed E-state index contributed by atoms with van der Waals surface area (Å²) in [6.07, 6.45) is 0.381. The van der Waals surface area contributed by atoms with Gasteiger partial charge in [-0.05, 0) is 34.1 Å². The Balaban J connectivity index is 2.28. The highest BCUT2D eigenvalue weighted by Crippen LogP contribution is 2.30. The van der Waals surface area contributed by atoms with Gasteiger partial charge in [-0.25, -0.2) is 4.79 Å². The Hall–Kier alpha value is -1.60. The van der Waals surface area contributed by atoms with Crippen molar-refractivity contribution in [2.24, 2.45) is 5.73 Å². The van der Waals surface area contributed by atoms with Crippen LogP contribution in [0.5, 0.6) is 0 Å². The number of benzene rings is 1. The summed E-state index contributed by atoms with van der Waals surface area (Å²) in [7, 11) is 0. The molecule has 1 fully saturated rings. The van der Waals surface area contributed by atoms with Gasteiger partial charge >= 0.3 is 5.97 Å². The van der Waals surface area contributed by atoms with Crippen molar-refractivity contribution in [2.45, 2.75) is 12.0 Å². The van der Waals surface area contributed by atoms with E-state index in [1.807, 2.05) is 0 Å². The predicted octanol–water partition coefficient (Wildman–Crippen LogP) is 1.20. The number of amides is 1. The van der Waals surface area contributed by atoms with E-state index < -0.39 is 17.4 Å². The minimum Gasteiger partial charge on any atom is -0.479 e. The molecule has 2 rings (SSSR count). The zero-order valence-electron chi connectivity index (χ0n) is 9.98. The minimum atomic E-state index is -1.13. The number of aliphatic carboxylic acids is 1. The molecule has 0 radical (unpaired) electrons. The van der Waals surface area contributed by atoms with Gasteiger partial charge in [-0.2, -0.15) is 0 Å². The summed E-state index contributed by atoms with van der Waals surface area (Å²) in [6.45, 7) is 0.503. The van der Waals surface area contributed by atoms with Gasteiger partial charge in [-0.1, -0.05) is 0 Å². The average molecular weight is 329 g/mol. The van der Waals surface area contributed by atoms with Crippen molar-refractivity contribution in [3.05, 3.63) is 28.2 Å². The van der Waals surface area contributed by atoms with E-state index in [1.54, 1.807) is 18.2 Å². The van der Waals surface area contributed by atoms with Crippen molar-refractivity contribution >= 4 is 33.5 Å². The number of nitrogens with one attached hydrogen (secondary N) is 1. The first-order valence-electron chi connectivity index (χ1n) is 5.63. The monoisotopic (exact) mass is 328 g/mol. The van der Waals surface area contributed by atoms with Gasteiger partial charge in [-0.15, -0.1) is 0 Å². The van der Waals surface area contributed by atoms with Crippen LogP contribution in [0, 0.1) is 0 Å². The number of primary amides is 1. The van der Waals surface area contributed by atoms with Crippen molar-refractivity contribution in [3.8, 4) is 0 Å². The van der Waals surface area contributed by atoms with Gasteiger partial charge in [-0.3, -0.25) is 4.79 Å². The number of carboxylic acid groups (broad SMARTS) is 1. The second-order valence-electron chi connectivity index (χ2n) is 4.37. The largest absolute Gasteiger partial charge is 0.479 e. The molecule has 1 aliphatic rings. The van der Waals surface area contributed by atoms with E-state index in [9.17, 15) is 14.7 Å². The van der Waals surface area contributed by atoms with Crippen LogP contribution in [0.4, 0.5) is 5.69 Å². The molecule has 1 aromatic rings. The molecular weight excluding hydrogens is 316 g/mol. The summed E-state index contributed by atoms with van der Waals surface area (Å²) in [5.74, 6) is -1.50. The fourth-order valence-corrected chi connectivity index (χ4v) is 2.39. The van der Waals surface area contributed by atoms with Crippen molar-refractivity contribution in [1.29, 1.82) is 0 Å². The number of carbonyl (C=O) groups excluding carboxylic acids is 1. The number of hydrogen-bond donors (Lipinski definition) is 3. The Kier molecular flexibility index (Phi) is 3.77. The molecule has 1 saturated heterocycles. The van der Waals surface area contributed by atoms with E-state index in [1.165, 1.54) is 0 Å². The maximum Gasteiger partial charge on any atom is 0.331 e. The van der Waals surface area contributed by atoms with Crippen LogP contribution in [0.15, 0.2) is 22.7 Å². The van der Waals surface area contributed by atoms with Gasteiger partial charge in [0.25, 0.3) is 0 Å². The van der Waals surface area contributed by atoms with Gasteiger partial charge in [0, 0.05) is 28.8 Å². The lowest BCUT2D eigenvalue weighted by Gasteiger charge is -2.25. The zero-order valence-corrected chi connectivity index (χ0v) is 11.6. The second-order valence-corrected chi connectivity index (χ2v) is 5.23. The van der Waals surface area contributed by atoms with Crippen molar-refractivity contribution < 1.29 is 19.4 Å². The van der Waals surface area contributed by atoms with E-state index in [4.69, 9.17) is 10.5 Å². The van der Waals surface area contributed by atoms with Crippen LogP contribution in [-0.4, -0.2) is 35.7 Å². The summed E-state index contributed by atoms with van der Waals surface area (Å²) in [4.78, 5) is 22.4. The molecule has 0 aromatic heterocycles. The normalized spacial score (nSPS) is 22.2. The number of carbonyl (C=O) groups is 2. The average Bonchev–Trinajstić information content (AvgIpc) is 2.81. The van der Waals surface area contributed by atoms with Crippen molar-refractivity contribution in [1.82, 2.24) is 0 Å². The van der Waals surface area contributed by atoms with Crippen LogP contribution in [0.25, 0.3) is 0 Å². The Labute approximate surface area is 118 Å². The number of nitrogens with two attached hydrogens (primary N) is 1. The Bertz CT molecular complexity index is 526. The third-order valence-corrected chi connectivity index (χ3v) is 3.71. The summed E-state index contributed by atoms with van der Waals surface area (Å²) in [5, 5.41) is 12.3. The van der Waals surface area contributed by atoms with Crippen LogP contribution in [-0.2, 0) is 9.53 Å². The lowest BCUT2D eigenvalue weighted by Crippen LogP contribution is -2.47. The molecule has 1 aliphatic heterocycles. The van der Waals surface area contributed by atoms with E-state index in [0.29, 0.717) is 28.8 Å². The Morgan fingerprint density at radius 2 is 2.21 bits per heavy atom. The maximum atomic E-state index is 11.4. The Morgan fingerprint density at radius 3 is 2.68 bits per heavy atom. The summed E-state index contributed by atoms with van der Waals surface area (Å²) in [5.41, 5.74) is 4.98. The fourth-order valence-electron chi connectivity index (χ4n) is 1.91. The standard InChI is InChI=1S/C12H13BrN2O4/c13-8-5-7(10(14)16)1-2-9(8)15-12(11(17)18)3-4-19-6-12/h1-2,5,15H,3-4,6H2,(H2,14,16)(H,17,18). The van der Waals surface area contributed by atoms with Crippen LogP contribution < -0.4 is 11.1 Å². The molecule has 1 heterocycles. The number of rotatable bonds is 4. The molecule has 102 valence electrons. The highest BCUT2D eigenvalue weighted by molar-refractivity contribution is 9.10. The molecule has 1 aromatic carbocycles. The molecule has 1 unspecified atom stereocenters. The molecule has 1 amide bonds. The maximum absolute atomic E-state index is 11.4. The molecule has 6 nitrogen and oxygen atoms in total. The zero-order chi connectivity index (χ0) is 14.0. The SMILES string of the molecule is NC(=O)c1ccc(NC2(C(=O)O)CCOC2)c(Br)c1. The Morgan fingerprint density at radius 1 is 1.47 bits per heavy atom. The molecule has 0 aliphatic carbocycles. The lowest BCUT2D eigenvalue weighted by atomic mass is 9.98. The smallest absolute Gasteiger partial charge is 0.331 e. The topological polar surface area (TPSA) is 102 Å². The highest BCUT2D eigenvalue weighted by atomic mass is 79.9. The van der Waals surface area contributed by atoms with Crippen LogP contribution >= 0.6 is 15.9 Å². The predicted molar refractivity (Wildman–Crippen MR) is 72.1 cm³/mol.